The molecule has 5 nitrogen and oxygen atoms in total. The van der Waals surface area contributed by atoms with Gasteiger partial charge in [0.2, 0.25) is 5.91 Å². The van der Waals surface area contributed by atoms with Crippen LogP contribution in [0.4, 0.5) is 0 Å². The minimum absolute atomic E-state index is 0.0727. The summed E-state index contributed by atoms with van der Waals surface area (Å²) in [5.41, 5.74) is 2.43. The Balaban J connectivity index is 1.48. The van der Waals surface area contributed by atoms with Crippen molar-refractivity contribution in [1.29, 1.82) is 0 Å². The van der Waals surface area contributed by atoms with E-state index in [2.05, 4.69) is 41.1 Å². The number of thioether (sulfide) groups is 1. The van der Waals surface area contributed by atoms with E-state index in [9.17, 15) is 13.2 Å². The third-order valence-corrected chi connectivity index (χ3v) is 9.29. The summed E-state index contributed by atoms with van der Waals surface area (Å²) in [7, 11) is -3.47. The second-order valence-electron chi connectivity index (χ2n) is 6.33. The van der Waals surface area contributed by atoms with E-state index in [1.165, 1.54) is 26.8 Å². The fourth-order valence-corrected chi connectivity index (χ4v) is 7.35. The fourth-order valence-electron chi connectivity index (χ4n) is 2.89. The second kappa shape index (κ2) is 9.09. The second-order valence-corrected chi connectivity index (χ2v) is 11.9. The van der Waals surface area contributed by atoms with Gasteiger partial charge in [-0.3, -0.25) is 4.79 Å². The van der Waals surface area contributed by atoms with Crippen LogP contribution in [0.1, 0.15) is 11.1 Å². The highest BCUT2D eigenvalue weighted by atomic mass is 79.9. The quantitative estimate of drug-likeness (QED) is 0.623. The van der Waals surface area contributed by atoms with Gasteiger partial charge in [0.25, 0.3) is 10.0 Å². The molecule has 0 spiro atoms. The number of benzene rings is 1. The molecule has 2 heterocycles. The van der Waals surface area contributed by atoms with E-state index in [0.717, 1.165) is 9.54 Å². The van der Waals surface area contributed by atoms with Gasteiger partial charge in [0.05, 0.1) is 9.54 Å². The van der Waals surface area contributed by atoms with Crippen LogP contribution in [-0.4, -0.2) is 55.5 Å². The lowest BCUT2D eigenvalue weighted by Crippen LogP contribution is -2.50. The zero-order valence-electron chi connectivity index (χ0n) is 14.9. The lowest BCUT2D eigenvalue weighted by molar-refractivity contribution is -0.129. The Kier molecular flexibility index (Phi) is 7.02. The molecule has 0 saturated carbocycles. The summed E-state index contributed by atoms with van der Waals surface area (Å²) in [5.74, 6) is 1.29. The van der Waals surface area contributed by atoms with Crippen molar-refractivity contribution in [2.75, 3.05) is 31.9 Å². The number of nitrogens with zero attached hydrogens (tertiary/aromatic N) is 2. The minimum Gasteiger partial charge on any atom is -0.339 e. The topological polar surface area (TPSA) is 57.7 Å². The fraction of sp³-hybridized carbons (Fsp3) is 0.389. The molecule has 1 amide bonds. The molecule has 1 saturated heterocycles. The first-order valence-corrected chi connectivity index (χ1v) is 12.7. The molecule has 27 heavy (non-hydrogen) atoms. The maximum absolute atomic E-state index is 12.6. The molecule has 3 rings (SSSR count). The molecule has 1 aliphatic rings. The summed E-state index contributed by atoms with van der Waals surface area (Å²) in [5, 5.41) is 0. The predicted molar refractivity (Wildman–Crippen MR) is 115 cm³/mol. The molecule has 1 aromatic carbocycles. The molecule has 2 aromatic rings. The monoisotopic (exact) mass is 488 g/mol. The molecular formula is C18H21BrN2O3S3. The van der Waals surface area contributed by atoms with Crippen LogP contribution >= 0.6 is 39.0 Å². The molecule has 0 bridgehead atoms. The van der Waals surface area contributed by atoms with Gasteiger partial charge in [0, 0.05) is 31.9 Å². The number of aryl methyl sites for hydroxylation is 1. The number of carbonyl (C=O) groups is 1. The predicted octanol–water partition coefficient (Wildman–Crippen LogP) is 3.59. The highest BCUT2D eigenvalue weighted by molar-refractivity contribution is 9.11. The smallest absolute Gasteiger partial charge is 0.252 e. The van der Waals surface area contributed by atoms with E-state index in [-0.39, 0.29) is 5.91 Å². The van der Waals surface area contributed by atoms with Gasteiger partial charge in [0.15, 0.2) is 0 Å². The number of amides is 1. The number of hydrogen-bond donors (Lipinski definition) is 0. The molecule has 0 atom stereocenters. The first-order valence-electron chi connectivity index (χ1n) is 8.53. The van der Waals surface area contributed by atoms with Gasteiger partial charge < -0.3 is 4.90 Å². The van der Waals surface area contributed by atoms with Crippen molar-refractivity contribution < 1.29 is 13.2 Å². The number of sulfonamides is 1. The Morgan fingerprint density at radius 1 is 1.19 bits per heavy atom. The summed E-state index contributed by atoms with van der Waals surface area (Å²) in [6, 6.07) is 11.6. The summed E-state index contributed by atoms with van der Waals surface area (Å²) < 4.78 is 27.9. The standard InChI is InChI=1S/C18H21BrN2O3S3/c1-14-3-2-4-15(11-14)12-25-13-17(22)20-7-9-21(10-8-20)27(23,24)18-6-5-16(19)26-18/h2-6,11H,7-10,12-13H2,1H3. The number of rotatable bonds is 6. The Labute approximate surface area is 176 Å². The van der Waals surface area contributed by atoms with Crippen LogP contribution in [0.15, 0.2) is 44.4 Å². The van der Waals surface area contributed by atoms with Gasteiger partial charge in [-0.05, 0) is 40.5 Å². The highest BCUT2D eigenvalue weighted by Gasteiger charge is 2.30. The van der Waals surface area contributed by atoms with Gasteiger partial charge in [0.1, 0.15) is 4.21 Å². The molecule has 9 heteroatoms. The van der Waals surface area contributed by atoms with E-state index in [1.54, 1.807) is 28.8 Å². The summed E-state index contributed by atoms with van der Waals surface area (Å²) in [6.45, 7) is 3.62. The Hall–Kier alpha value is -0.870. The number of piperazine rings is 1. The number of halogens is 1. The van der Waals surface area contributed by atoms with Crippen LogP contribution < -0.4 is 0 Å². The average Bonchev–Trinajstić information content (AvgIpc) is 3.09. The van der Waals surface area contributed by atoms with Crippen LogP contribution in [0.25, 0.3) is 0 Å². The van der Waals surface area contributed by atoms with E-state index < -0.39 is 10.0 Å². The number of carbonyl (C=O) groups excluding carboxylic acids is 1. The largest absolute Gasteiger partial charge is 0.339 e. The molecule has 0 N–H and O–H groups in total. The van der Waals surface area contributed by atoms with Gasteiger partial charge in [-0.25, -0.2) is 8.42 Å². The van der Waals surface area contributed by atoms with Crippen molar-refractivity contribution in [3.05, 3.63) is 51.3 Å². The SMILES string of the molecule is Cc1cccc(CSCC(=O)N2CCN(S(=O)(=O)c3ccc(Br)s3)CC2)c1. The van der Waals surface area contributed by atoms with E-state index in [4.69, 9.17) is 0 Å². The zero-order chi connectivity index (χ0) is 19.4. The number of hydrogen-bond acceptors (Lipinski definition) is 5. The molecule has 0 radical (unpaired) electrons. The van der Waals surface area contributed by atoms with Crippen LogP contribution in [0.3, 0.4) is 0 Å². The minimum atomic E-state index is -3.47. The third kappa shape index (κ3) is 5.35. The summed E-state index contributed by atoms with van der Waals surface area (Å²) >= 11 is 6.11. The molecule has 0 aliphatic carbocycles. The first-order chi connectivity index (χ1) is 12.9. The van der Waals surface area contributed by atoms with Crippen LogP contribution in [0.2, 0.25) is 0 Å². The van der Waals surface area contributed by atoms with Crippen molar-refractivity contribution in [3.8, 4) is 0 Å². The van der Waals surface area contributed by atoms with E-state index >= 15 is 0 Å². The maximum Gasteiger partial charge on any atom is 0.252 e. The molecule has 146 valence electrons. The van der Waals surface area contributed by atoms with Crippen molar-refractivity contribution >= 4 is 55.0 Å². The molecule has 1 aromatic heterocycles. The van der Waals surface area contributed by atoms with Crippen molar-refractivity contribution in [1.82, 2.24) is 9.21 Å². The Morgan fingerprint density at radius 2 is 1.93 bits per heavy atom. The van der Waals surface area contributed by atoms with Gasteiger partial charge in [-0.1, -0.05) is 29.8 Å². The normalized spacial score (nSPS) is 15.9. The average molecular weight is 489 g/mol. The van der Waals surface area contributed by atoms with Crippen LogP contribution in [0, 0.1) is 6.92 Å². The maximum atomic E-state index is 12.6. The lowest BCUT2D eigenvalue weighted by Gasteiger charge is -2.33. The molecule has 0 unspecified atom stereocenters. The Morgan fingerprint density at radius 3 is 2.56 bits per heavy atom. The van der Waals surface area contributed by atoms with Crippen molar-refractivity contribution in [2.45, 2.75) is 16.9 Å². The van der Waals surface area contributed by atoms with Gasteiger partial charge in [-0.2, -0.15) is 4.31 Å². The third-order valence-electron chi connectivity index (χ3n) is 4.31. The lowest BCUT2D eigenvalue weighted by atomic mass is 10.2. The van der Waals surface area contributed by atoms with Crippen molar-refractivity contribution in [3.63, 3.8) is 0 Å². The summed E-state index contributed by atoms with van der Waals surface area (Å²) in [4.78, 5) is 14.2. The van der Waals surface area contributed by atoms with Crippen LogP contribution in [0.5, 0.6) is 0 Å². The Bertz CT molecular complexity index is 906. The van der Waals surface area contributed by atoms with Crippen LogP contribution in [-0.2, 0) is 20.6 Å². The highest BCUT2D eigenvalue weighted by Crippen LogP contribution is 2.29. The van der Waals surface area contributed by atoms with E-state index in [0.29, 0.717) is 36.1 Å². The van der Waals surface area contributed by atoms with E-state index in [1.807, 2.05) is 6.07 Å². The van der Waals surface area contributed by atoms with Crippen molar-refractivity contribution in [2.24, 2.45) is 0 Å². The summed E-state index contributed by atoms with van der Waals surface area (Å²) in [6.07, 6.45) is 0. The molecule has 1 aliphatic heterocycles. The van der Waals surface area contributed by atoms with Gasteiger partial charge in [-0.15, -0.1) is 23.1 Å². The first kappa shape index (κ1) is 20.9. The molecular weight excluding hydrogens is 468 g/mol. The molecule has 1 fully saturated rings. The zero-order valence-corrected chi connectivity index (χ0v) is 19.0. The van der Waals surface area contributed by atoms with Gasteiger partial charge >= 0.3 is 0 Å². The number of thiophene rings is 1.